The zero-order chi connectivity index (χ0) is 11.5. The van der Waals surface area contributed by atoms with Crippen LogP contribution in [0.2, 0.25) is 0 Å². The summed E-state index contributed by atoms with van der Waals surface area (Å²) in [5.41, 5.74) is 0.796. The molecule has 1 atom stereocenters. The first-order valence-electron chi connectivity index (χ1n) is 5.43. The van der Waals surface area contributed by atoms with Crippen molar-refractivity contribution in [1.82, 2.24) is 5.32 Å². The number of nitrogens with one attached hydrogen (secondary N) is 1. The molecule has 16 heavy (non-hydrogen) atoms. The van der Waals surface area contributed by atoms with Crippen LogP contribution >= 0.6 is 0 Å². The molecule has 2 nitrogen and oxygen atoms in total. The third-order valence-electron chi connectivity index (χ3n) is 2.96. The van der Waals surface area contributed by atoms with Crippen molar-refractivity contribution in [3.05, 3.63) is 29.3 Å². The summed E-state index contributed by atoms with van der Waals surface area (Å²) in [4.78, 5) is 0. The van der Waals surface area contributed by atoms with E-state index in [4.69, 9.17) is 4.74 Å². The maximum Gasteiger partial charge on any atom is 0.200 e. The fourth-order valence-electron chi connectivity index (χ4n) is 2.11. The summed E-state index contributed by atoms with van der Waals surface area (Å²) in [5.74, 6) is -1.24. The molecule has 1 unspecified atom stereocenters. The fraction of sp³-hybridized carbons (Fsp3) is 0.500. The van der Waals surface area contributed by atoms with Crippen molar-refractivity contribution in [2.45, 2.75) is 12.8 Å². The average molecular weight is 227 g/mol. The molecule has 0 aliphatic carbocycles. The number of hydrogen-bond acceptors (Lipinski definition) is 2. The van der Waals surface area contributed by atoms with Gasteiger partial charge in [-0.1, -0.05) is 0 Å². The number of hydrogen-bond donors (Lipinski definition) is 1. The van der Waals surface area contributed by atoms with Gasteiger partial charge in [-0.25, -0.2) is 4.39 Å². The van der Waals surface area contributed by atoms with Gasteiger partial charge < -0.3 is 10.1 Å². The van der Waals surface area contributed by atoms with Crippen molar-refractivity contribution >= 4 is 0 Å². The van der Waals surface area contributed by atoms with Crippen molar-refractivity contribution in [2.75, 3.05) is 20.2 Å². The third-order valence-corrected chi connectivity index (χ3v) is 2.96. The Morgan fingerprint density at radius 2 is 2.25 bits per heavy atom. The minimum atomic E-state index is -0.907. The molecule has 0 aromatic heterocycles. The van der Waals surface area contributed by atoms with Crippen LogP contribution in [0, 0.1) is 17.6 Å². The molecule has 2 rings (SSSR count). The molecule has 1 aromatic rings. The van der Waals surface area contributed by atoms with Gasteiger partial charge in [0.05, 0.1) is 7.11 Å². The van der Waals surface area contributed by atoms with Gasteiger partial charge in [0.25, 0.3) is 0 Å². The Morgan fingerprint density at radius 1 is 1.44 bits per heavy atom. The summed E-state index contributed by atoms with van der Waals surface area (Å²) in [6.45, 7) is 1.95. The number of rotatable bonds is 3. The molecular formula is C12H15F2NO. The Balaban J connectivity index is 2.17. The van der Waals surface area contributed by atoms with Crippen LogP contribution in [0.5, 0.6) is 5.75 Å². The zero-order valence-corrected chi connectivity index (χ0v) is 9.22. The number of ether oxygens (including phenoxy) is 1. The van der Waals surface area contributed by atoms with Crippen molar-refractivity contribution in [3.8, 4) is 5.75 Å². The van der Waals surface area contributed by atoms with E-state index in [-0.39, 0.29) is 5.75 Å². The van der Waals surface area contributed by atoms with Gasteiger partial charge in [-0.3, -0.25) is 0 Å². The molecule has 1 aliphatic rings. The van der Waals surface area contributed by atoms with Crippen LogP contribution < -0.4 is 10.1 Å². The van der Waals surface area contributed by atoms with Crippen molar-refractivity contribution in [3.63, 3.8) is 0 Å². The van der Waals surface area contributed by atoms with Gasteiger partial charge in [-0.2, -0.15) is 4.39 Å². The molecule has 1 N–H and O–H groups in total. The number of benzene rings is 1. The Kier molecular flexibility index (Phi) is 3.39. The Hall–Kier alpha value is -1.16. The quantitative estimate of drug-likeness (QED) is 0.854. The molecule has 1 saturated heterocycles. The number of methoxy groups -OCH3 is 1. The van der Waals surface area contributed by atoms with Crippen LogP contribution in [-0.4, -0.2) is 20.2 Å². The van der Waals surface area contributed by atoms with Gasteiger partial charge in [0.2, 0.25) is 5.82 Å². The van der Waals surface area contributed by atoms with E-state index in [9.17, 15) is 8.78 Å². The summed E-state index contributed by atoms with van der Waals surface area (Å²) < 4.78 is 31.2. The molecule has 1 fully saturated rings. The smallest absolute Gasteiger partial charge is 0.200 e. The monoisotopic (exact) mass is 227 g/mol. The Labute approximate surface area is 93.6 Å². The highest BCUT2D eigenvalue weighted by molar-refractivity contribution is 5.31. The van der Waals surface area contributed by atoms with E-state index < -0.39 is 11.6 Å². The van der Waals surface area contributed by atoms with E-state index in [0.29, 0.717) is 5.92 Å². The first-order valence-corrected chi connectivity index (χ1v) is 5.43. The van der Waals surface area contributed by atoms with Crippen LogP contribution in [0.15, 0.2) is 12.1 Å². The van der Waals surface area contributed by atoms with E-state index >= 15 is 0 Å². The Morgan fingerprint density at radius 3 is 2.88 bits per heavy atom. The SMILES string of the molecule is COc1cc(CC2CCNC2)cc(F)c1F. The van der Waals surface area contributed by atoms with Gasteiger partial charge in [-0.05, 0) is 49.5 Å². The zero-order valence-electron chi connectivity index (χ0n) is 9.22. The molecule has 88 valence electrons. The Bertz CT molecular complexity index is 376. The molecule has 0 radical (unpaired) electrons. The molecule has 1 aromatic carbocycles. The summed E-state index contributed by atoms with van der Waals surface area (Å²) in [7, 11) is 1.35. The van der Waals surface area contributed by atoms with E-state index in [1.165, 1.54) is 13.2 Å². The first-order chi connectivity index (χ1) is 7.70. The predicted octanol–water partition coefficient (Wildman–Crippen LogP) is 2.13. The molecule has 0 amide bonds. The highest BCUT2D eigenvalue weighted by Crippen LogP contribution is 2.24. The molecule has 0 bridgehead atoms. The maximum absolute atomic E-state index is 13.2. The van der Waals surface area contributed by atoms with Gasteiger partial charge in [0.15, 0.2) is 11.6 Å². The normalized spacial score (nSPS) is 20.1. The lowest BCUT2D eigenvalue weighted by Gasteiger charge is -2.10. The predicted molar refractivity (Wildman–Crippen MR) is 57.6 cm³/mol. The first kappa shape index (κ1) is 11.3. The lowest BCUT2D eigenvalue weighted by molar-refractivity contribution is 0.370. The van der Waals surface area contributed by atoms with Crippen LogP contribution in [0.1, 0.15) is 12.0 Å². The van der Waals surface area contributed by atoms with Crippen LogP contribution in [-0.2, 0) is 6.42 Å². The van der Waals surface area contributed by atoms with Crippen molar-refractivity contribution < 1.29 is 13.5 Å². The molecular weight excluding hydrogens is 212 g/mol. The molecule has 0 saturated carbocycles. The maximum atomic E-state index is 13.2. The van der Waals surface area contributed by atoms with E-state index in [1.54, 1.807) is 6.07 Å². The minimum Gasteiger partial charge on any atom is -0.494 e. The summed E-state index contributed by atoms with van der Waals surface area (Å²) in [6, 6.07) is 2.84. The third kappa shape index (κ3) is 2.32. The van der Waals surface area contributed by atoms with Crippen molar-refractivity contribution in [2.24, 2.45) is 5.92 Å². The second-order valence-electron chi connectivity index (χ2n) is 4.16. The van der Waals surface area contributed by atoms with E-state index in [1.807, 2.05) is 0 Å². The van der Waals surface area contributed by atoms with Crippen LogP contribution in [0.4, 0.5) is 8.78 Å². The average Bonchev–Trinajstić information content (AvgIpc) is 2.76. The second kappa shape index (κ2) is 4.78. The largest absolute Gasteiger partial charge is 0.494 e. The molecule has 0 spiro atoms. The van der Waals surface area contributed by atoms with Gasteiger partial charge in [0, 0.05) is 0 Å². The van der Waals surface area contributed by atoms with Gasteiger partial charge in [-0.15, -0.1) is 0 Å². The minimum absolute atomic E-state index is 0.0130. The van der Waals surface area contributed by atoms with Crippen LogP contribution in [0.3, 0.4) is 0 Å². The van der Waals surface area contributed by atoms with E-state index in [0.717, 1.165) is 31.5 Å². The number of halogens is 2. The van der Waals surface area contributed by atoms with Crippen molar-refractivity contribution in [1.29, 1.82) is 0 Å². The second-order valence-corrected chi connectivity index (χ2v) is 4.16. The highest BCUT2D eigenvalue weighted by Gasteiger charge is 2.17. The highest BCUT2D eigenvalue weighted by atomic mass is 19.2. The fourth-order valence-corrected chi connectivity index (χ4v) is 2.11. The summed E-state index contributed by atoms with van der Waals surface area (Å²) >= 11 is 0. The topological polar surface area (TPSA) is 21.3 Å². The van der Waals surface area contributed by atoms with Gasteiger partial charge >= 0.3 is 0 Å². The van der Waals surface area contributed by atoms with Crippen LogP contribution in [0.25, 0.3) is 0 Å². The molecule has 4 heteroatoms. The van der Waals surface area contributed by atoms with Gasteiger partial charge in [0.1, 0.15) is 0 Å². The lowest BCUT2D eigenvalue weighted by Crippen LogP contribution is -2.11. The standard InChI is InChI=1S/C12H15F2NO/c1-16-11-6-9(5-10(13)12(11)14)4-8-2-3-15-7-8/h5-6,8,15H,2-4,7H2,1H3. The van der Waals surface area contributed by atoms with E-state index in [2.05, 4.69) is 5.32 Å². The summed E-state index contributed by atoms with van der Waals surface area (Å²) in [6.07, 6.45) is 1.85. The lowest BCUT2D eigenvalue weighted by atomic mass is 9.98. The summed E-state index contributed by atoms with van der Waals surface area (Å²) in [5, 5.41) is 3.25. The molecule has 1 aliphatic heterocycles. The molecule has 1 heterocycles.